The summed E-state index contributed by atoms with van der Waals surface area (Å²) in [6.07, 6.45) is 3.73. The fraction of sp³-hybridized carbons (Fsp3) is 0.917. The summed E-state index contributed by atoms with van der Waals surface area (Å²) in [5.41, 5.74) is 0. The van der Waals surface area contributed by atoms with Gasteiger partial charge >= 0.3 is 5.97 Å². The van der Waals surface area contributed by atoms with E-state index in [4.69, 9.17) is 4.74 Å². The van der Waals surface area contributed by atoms with Gasteiger partial charge in [0.2, 0.25) is 0 Å². The highest BCUT2D eigenvalue weighted by Gasteiger charge is 2.19. The Labute approximate surface area is 97.4 Å². The van der Waals surface area contributed by atoms with Crippen LogP contribution in [0.25, 0.3) is 0 Å². The summed E-state index contributed by atoms with van der Waals surface area (Å²) in [5, 5.41) is 12.5. The van der Waals surface area contributed by atoms with Gasteiger partial charge in [0.15, 0.2) is 0 Å². The molecule has 1 fully saturated rings. The Hall–Kier alpha value is -0.610. The van der Waals surface area contributed by atoms with Crippen molar-refractivity contribution >= 4 is 5.97 Å². The Morgan fingerprint density at radius 1 is 1.38 bits per heavy atom. The van der Waals surface area contributed by atoms with Crippen molar-refractivity contribution in [3.63, 3.8) is 0 Å². The van der Waals surface area contributed by atoms with E-state index in [0.29, 0.717) is 5.92 Å². The highest BCUT2D eigenvalue weighted by atomic mass is 16.5. The molecule has 0 unspecified atom stereocenters. The van der Waals surface area contributed by atoms with Crippen LogP contribution in [0.15, 0.2) is 0 Å². The van der Waals surface area contributed by atoms with Gasteiger partial charge in [0.25, 0.3) is 0 Å². The van der Waals surface area contributed by atoms with Gasteiger partial charge in [-0.1, -0.05) is 0 Å². The molecule has 0 amide bonds. The Morgan fingerprint density at radius 2 is 2.00 bits per heavy atom. The summed E-state index contributed by atoms with van der Waals surface area (Å²) in [5.74, 6) is 0.404. The summed E-state index contributed by atoms with van der Waals surface area (Å²) in [6, 6.07) is 0. The van der Waals surface area contributed by atoms with Crippen LogP contribution in [0, 0.1) is 5.92 Å². The second kappa shape index (κ2) is 6.86. The molecular formula is C12H23NO3. The molecule has 4 nitrogen and oxygen atoms in total. The molecule has 0 atom stereocenters. The SMILES string of the molecule is CC(C)OC(=O)CNCC1CCC(O)CC1. The molecule has 0 bridgehead atoms. The normalized spacial score (nSPS) is 25.8. The van der Waals surface area contributed by atoms with Crippen LogP contribution in [0.2, 0.25) is 0 Å². The first kappa shape index (κ1) is 13.5. The number of hydrogen-bond acceptors (Lipinski definition) is 4. The third-order valence-electron chi connectivity index (χ3n) is 2.89. The lowest BCUT2D eigenvalue weighted by Crippen LogP contribution is -2.32. The monoisotopic (exact) mass is 229 g/mol. The molecule has 0 radical (unpaired) electrons. The quantitative estimate of drug-likeness (QED) is 0.693. The van der Waals surface area contributed by atoms with E-state index in [2.05, 4.69) is 5.32 Å². The van der Waals surface area contributed by atoms with Crippen molar-refractivity contribution in [2.75, 3.05) is 13.1 Å². The minimum atomic E-state index is -0.189. The molecule has 0 saturated heterocycles. The molecule has 1 saturated carbocycles. The lowest BCUT2D eigenvalue weighted by atomic mass is 9.87. The first-order chi connectivity index (χ1) is 7.58. The summed E-state index contributed by atoms with van der Waals surface area (Å²) < 4.78 is 5.02. The number of aliphatic hydroxyl groups excluding tert-OH is 1. The lowest BCUT2D eigenvalue weighted by molar-refractivity contribution is -0.146. The van der Waals surface area contributed by atoms with Crippen molar-refractivity contribution in [1.82, 2.24) is 5.32 Å². The van der Waals surface area contributed by atoms with Gasteiger partial charge in [-0.3, -0.25) is 4.79 Å². The van der Waals surface area contributed by atoms with Gasteiger partial charge in [0, 0.05) is 0 Å². The highest BCUT2D eigenvalue weighted by Crippen LogP contribution is 2.23. The average Bonchev–Trinajstić information content (AvgIpc) is 2.20. The van der Waals surface area contributed by atoms with Gasteiger partial charge in [0.1, 0.15) is 0 Å². The molecule has 0 aromatic carbocycles. The molecule has 0 aliphatic heterocycles. The standard InChI is InChI=1S/C12H23NO3/c1-9(2)16-12(15)8-13-7-10-3-5-11(14)6-4-10/h9-11,13-14H,3-8H2,1-2H3. The van der Waals surface area contributed by atoms with E-state index in [-0.39, 0.29) is 24.7 Å². The Balaban J connectivity index is 2.04. The Morgan fingerprint density at radius 3 is 2.56 bits per heavy atom. The third-order valence-corrected chi connectivity index (χ3v) is 2.89. The molecule has 2 N–H and O–H groups in total. The second-order valence-electron chi connectivity index (χ2n) is 4.84. The van der Waals surface area contributed by atoms with E-state index in [1.165, 1.54) is 0 Å². The Kier molecular flexibility index (Phi) is 5.77. The smallest absolute Gasteiger partial charge is 0.320 e. The van der Waals surface area contributed by atoms with Crippen LogP contribution >= 0.6 is 0 Å². The molecule has 0 heterocycles. The number of nitrogens with one attached hydrogen (secondary N) is 1. The van der Waals surface area contributed by atoms with Crippen LogP contribution < -0.4 is 5.32 Å². The predicted octanol–water partition coefficient (Wildman–Crippen LogP) is 1.08. The minimum absolute atomic E-state index is 0.0425. The maximum Gasteiger partial charge on any atom is 0.320 e. The lowest BCUT2D eigenvalue weighted by Gasteiger charge is -2.25. The molecule has 0 aromatic rings. The van der Waals surface area contributed by atoms with E-state index in [1.54, 1.807) is 0 Å². The van der Waals surface area contributed by atoms with Gasteiger partial charge in [-0.05, 0) is 52.0 Å². The average molecular weight is 229 g/mol. The molecule has 4 heteroatoms. The number of carbonyl (C=O) groups excluding carboxylic acids is 1. The zero-order valence-electron chi connectivity index (χ0n) is 10.2. The summed E-state index contributed by atoms with van der Waals surface area (Å²) >= 11 is 0. The van der Waals surface area contributed by atoms with E-state index < -0.39 is 0 Å². The van der Waals surface area contributed by atoms with Crippen molar-refractivity contribution in [3.8, 4) is 0 Å². The molecule has 0 aromatic heterocycles. The van der Waals surface area contributed by atoms with Gasteiger partial charge in [-0.15, -0.1) is 0 Å². The number of ether oxygens (including phenoxy) is 1. The van der Waals surface area contributed by atoms with Crippen molar-refractivity contribution < 1.29 is 14.6 Å². The molecule has 16 heavy (non-hydrogen) atoms. The van der Waals surface area contributed by atoms with Crippen LogP contribution in [0.4, 0.5) is 0 Å². The maximum atomic E-state index is 11.2. The number of rotatable bonds is 5. The predicted molar refractivity (Wildman–Crippen MR) is 62.1 cm³/mol. The van der Waals surface area contributed by atoms with Crippen molar-refractivity contribution in [3.05, 3.63) is 0 Å². The number of hydrogen-bond donors (Lipinski definition) is 2. The fourth-order valence-electron chi connectivity index (χ4n) is 2.03. The number of carbonyl (C=O) groups is 1. The van der Waals surface area contributed by atoms with E-state index in [1.807, 2.05) is 13.8 Å². The summed E-state index contributed by atoms with van der Waals surface area (Å²) in [6.45, 7) is 4.83. The van der Waals surface area contributed by atoms with Crippen LogP contribution in [0.3, 0.4) is 0 Å². The van der Waals surface area contributed by atoms with Gasteiger partial charge in [0.05, 0.1) is 18.8 Å². The largest absolute Gasteiger partial charge is 0.462 e. The number of esters is 1. The molecule has 1 rings (SSSR count). The topological polar surface area (TPSA) is 58.6 Å². The van der Waals surface area contributed by atoms with Gasteiger partial charge in [-0.2, -0.15) is 0 Å². The summed E-state index contributed by atoms with van der Waals surface area (Å²) in [7, 11) is 0. The zero-order valence-corrected chi connectivity index (χ0v) is 10.2. The number of aliphatic hydroxyl groups is 1. The first-order valence-corrected chi connectivity index (χ1v) is 6.16. The fourth-order valence-corrected chi connectivity index (χ4v) is 2.03. The molecule has 0 spiro atoms. The van der Waals surface area contributed by atoms with Gasteiger partial charge in [-0.25, -0.2) is 0 Å². The van der Waals surface area contributed by atoms with Crippen LogP contribution in [-0.4, -0.2) is 36.4 Å². The highest BCUT2D eigenvalue weighted by molar-refractivity contribution is 5.71. The van der Waals surface area contributed by atoms with Crippen LogP contribution in [-0.2, 0) is 9.53 Å². The van der Waals surface area contributed by atoms with Crippen molar-refractivity contribution in [2.45, 2.75) is 51.7 Å². The van der Waals surface area contributed by atoms with Crippen molar-refractivity contribution in [1.29, 1.82) is 0 Å². The molecular weight excluding hydrogens is 206 g/mol. The van der Waals surface area contributed by atoms with Crippen molar-refractivity contribution in [2.24, 2.45) is 5.92 Å². The molecule has 1 aliphatic rings. The summed E-state index contributed by atoms with van der Waals surface area (Å²) in [4.78, 5) is 11.2. The van der Waals surface area contributed by atoms with Crippen LogP contribution in [0.5, 0.6) is 0 Å². The van der Waals surface area contributed by atoms with E-state index in [9.17, 15) is 9.90 Å². The Bertz CT molecular complexity index is 210. The van der Waals surface area contributed by atoms with E-state index >= 15 is 0 Å². The second-order valence-corrected chi connectivity index (χ2v) is 4.84. The minimum Gasteiger partial charge on any atom is -0.462 e. The van der Waals surface area contributed by atoms with Crippen LogP contribution in [0.1, 0.15) is 39.5 Å². The van der Waals surface area contributed by atoms with Gasteiger partial charge < -0.3 is 15.2 Å². The van der Waals surface area contributed by atoms with E-state index in [0.717, 1.165) is 32.2 Å². The maximum absolute atomic E-state index is 11.2. The molecule has 94 valence electrons. The first-order valence-electron chi connectivity index (χ1n) is 6.16. The molecule has 1 aliphatic carbocycles. The zero-order chi connectivity index (χ0) is 12.0. The third kappa shape index (κ3) is 5.47.